The zero-order valence-electron chi connectivity index (χ0n) is 22.8. The smallest absolute Gasteiger partial charge is 0.337 e. The molecule has 218 valence electrons. The fraction of sp³-hybridized carbons (Fsp3) is 0.241. The topological polar surface area (TPSA) is 162 Å². The molecule has 0 radical (unpaired) electrons. The zero-order valence-corrected chi connectivity index (χ0v) is 23.6. The van der Waals surface area contributed by atoms with Crippen LogP contribution in [0.25, 0.3) is 11.1 Å². The number of benzene rings is 2. The molecule has 0 saturated carbocycles. The van der Waals surface area contributed by atoms with Crippen LogP contribution in [0.2, 0.25) is 5.02 Å². The first-order valence-electron chi connectivity index (χ1n) is 13.3. The largest absolute Gasteiger partial charge is 0.478 e. The molecule has 2 amide bonds. The number of halogens is 2. The van der Waals surface area contributed by atoms with Crippen LogP contribution in [0, 0.1) is 11.7 Å². The summed E-state index contributed by atoms with van der Waals surface area (Å²) in [6.07, 6.45) is 3.16. The summed E-state index contributed by atoms with van der Waals surface area (Å²) >= 11 is 5.95. The van der Waals surface area contributed by atoms with Crippen molar-refractivity contribution in [3.05, 3.63) is 82.2 Å². The Labute approximate surface area is 245 Å². The van der Waals surface area contributed by atoms with Crippen LogP contribution in [0.1, 0.15) is 55.2 Å². The third-order valence-corrected chi connectivity index (χ3v) is 7.69. The highest BCUT2D eigenvalue weighted by Gasteiger charge is 2.29. The van der Waals surface area contributed by atoms with Crippen molar-refractivity contribution in [2.24, 2.45) is 5.92 Å². The van der Waals surface area contributed by atoms with Crippen molar-refractivity contribution in [2.45, 2.75) is 39.2 Å². The van der Waals surface area contributed by atoms with Gasteiger partial charge in [-0.3, -0.25) is 25.0 Å². The van der Waals surface area contributed by atoms with Gasteiger partial charge in [0.15, 0.2) is 5.82 Å². The van der Waals surface area contributed by atoms with Gasteiger partial charge in [0.1, 0.15) is 5.70 Å². The number of nitrogens with two attached hydrogens (primary N) is 1. The summed E-state index contributed by atoms with van der Waals surface area (Å²) < 4.78 is 14.7. The van der Waals surface area contributed by atoms with Crippen LogP contribution in [-0.4, -0.2) is 27.9 Å². The van der Waals surface area contributed by atoms with E-state index in [2.05, 4.69) is 26.6 Å². The number of hydrazine groups is 2. The Hall–Kier alpha value is -4.68. The van der Waals surface area contributed by atoms with Gasteiger partial charge in [-0.25, -0.2) is 9.18 Å². The Morgan fingerprint density at radius 3 is 2.76 bits per heavy atom. The van der Waals surface area contributed by atoms with Crippen molar-refractivity contribution in [1.29, 1.82) is 0 Å². The molecule has 3 aromatic rings. The van der Waals surface area contributed by atoms with E-state index < -0.39 is 23.7 Å². The number of hydrogen-bond acceptors (Lipinski definition) is 8. The van der Waals surface area contributed by atoms with Gasteiger partial charge in [0, 0.05) is 23.4 Å². The molecule has 0 aliphatic carbocycles. The maximum absolute atomic E-state index is 14.7. The molecule has 5 rings (SSSR count). The number of carbonyl (C=O) groups is 3. The van der Waals surface area contributed by atoms with Crippen LogP contribution in [0.15, 0.2) is 60.1 Å². The Morgan fingerprint density at radius 2 is 2.00 bits per heavy atom. The number of rotatable bonds is 4. The van der Waals surface area contributed by atoms with Gasteiger partial charge in [0.2, 0.25) is 5.91 Å². The first kappa shape index (κ1) is 28.8. The number of pyridine rings is 1. The zero-order chi connectivity index (χ0) is 30.1. The summed E-state index contributed by atoms with van der Waals surface area (Å²) in [5.41, 5.74) is 14.2. The summed E-state index contributed by atoms with van der Waals surface area (Å²) in [5, 5.41) is 16.9. The highest BCUT2D eigenvalue weighted by Crippen LogP contribution is 2.35. The average Bonchev–Trinajstić information content (AvgIpc) is 3.34. The lowest BCUT2D eigenvalue weighted by Gasteiger charge is -2.23. The normalized spacial score (nSPS) is 18.8. The van der Waals surface area contributed by atoms with Crippen molar-refractivity contribution >= 4 is 46.4 Å². The number of nitrogens with zero attached hydrogens (tertiary/aromatic N) is 2. The molecule has 7 N–H and O–H groups in total. The molecule has 13 heteroatoms. The number of carboxylic acid groups (broad SMARTS) is 1. The fourth-order valence-corrected chi connectivity index (χ4v) is 5.18. The van der Waals surface area contributed by atoms with E-state index in [1.165, 1.54) is 29.3 Å². The standard InChI is InChI=1S/C29H29ClFN7O4/c1-14-5-3-7-21(34-28(40)26-15(2)38(37-36-26)24-8-4-6-19(30)25(24)31)23-11-16(9-10-33-23)17-12-18(29(41)42)20(32)13-22(17)35-27(14)39/h4,6,8-14,21,36-37H,3,5,7,32H2,1-2H3,(H,34,40)(H,35,39)(H,41,42)/t14-,21+/m1/s1. The lowest BCUT2D eigenvalue weighted by Crippen LogP contribution is -2.40. The Balaban J connectivity index is 1.50. The van der Waals surface area contributed by atoms with Gasteiger partial charge < -0.3 is 21.5 Å². The number of aromatic nitrogens is 1. The van der Waals surface area contributed by atoms with Crippen molar-refractivity contribution < 1.29 is 23.9 Å². The van der Waals surface area contributed by atoms with Gasteiger partial charge in [0.05, 0.1) is 39.4 Å². The Kier molecular flexibility index (Phi) is 8.01. The Bertz CT molecular complexity index is 1630. The average molecular weight is 594 g/mol. The van der Waals surface area contributed by atoms with E-state index in [9.17, 15) is 23.9 Å². The van der Waals surface area contributed by atoms with Crippen LogP contribution in [0.3, 0.4) is 0 Å². The van der Waals surface area contributed by atoms with E-state index in [1.807, 2.05) is 0 Å². The van der Waals surface area contributed by atoms with E-state index in [0.29, 0.717) is 47.5 Å². The molecule has 0 saturated heterocycles. The summed E-state index contributed by atoms with van der Waals surface area (Å²) in [4.78, 5) is 42.8. The molecule has 3 heterocycles. The predicted molar refractivity (Wildman–Crippen MR) is 156 cm³/mol. The number of nitrogens with one attached hydrogen (secondary N) is 4. The molecule has 0 spiro atoms. The number of allylic oxidation sites excluding steroid dienone is 1. The first-order chi connectivity index (χ1) is 20.0. The maximum atomic E-state index is 14.7. The van der Waals surface area contributed by atoms with Crippen LogP contribution in [-0.2, 0) is 9.59 Å². The monoisotopic (exact) mass is 593 g/mol. The third kappa shape index (κ3) is 5.58. The van der Waals surface area contributed by atoms with Crippen molar-refractivity contribution in [3.63, 3.8) is 0 Å². The van der Waals surface area contributed by atoms with Gasteiger partial charge in [-0.15, -0.1) is 5.53 Å². The second-order valence-electron chi connectivity index (χ2n) is 10.2. The third-order valence-electron chi connectivity index (χ3n) is 7.40. The lowest BCUT2D eigenvalue weighted by molar-refractivity contribution is -0.120. The molecule has 1 aromatic heterocycles. The van der Waals surface area contributed by atoms with Gasteiger partial charge in [-0.05, 0) is 61.7 Å². The van der Waals surface area contributed by atoms with Crippen LogP contribution < -0.4 is 32.3 Å². The number of anilines is 3. The molecule has 2 bridgehead atoms. The van der Waals surface area contributed by atoms with Crippen molar-refractivity contribution in [2.75, 3.05) is 16.1 Å². The minimum atomic E-state index is -1.20. The van der Waals surface area contributed by atoms with E-state index in [-0.39, 0.29) is 39.5 Å². The maximum Gasteiger partial charge on any atom is 0.337 e. The fourth-order valence-electron chi connectivity index (χ4n) is 5.01. The number of carboxylic acids is 1. The van der Waals surface area contributed by atoms with E-state index in [0.717, 1.165) is 0 Å². The van der Waals surface area contributed by atoms with E-state index >= 15 is 0 Å². The molecule has 0 unspecified atom stereocenters. The van der Waals surface area contributed by atoms with Crippen LogP contribution in [0.4, 0.5) is 21.5 Å². The van der Waals surface area contributed by atoms with Crippen LogP contribution in [0.5, 0.6) is 0 Å². The molecule has 2 aliphatic rings. The first-order valence-corrected chi connectivity index (χ1v) is 13.6. The predicted octanol–water partition coefficient (Wildman–Crippen LogP) is 4.50. The number of fused-ring (bicyclic) bond motifs is 4. The summed E-state index contributed by atoms with van der Waals surface area (Å²) in [7, 11) is 0. The van der Waals surface area contributed by atoms with Crippen molar-refractivity contribution in [3.8, 4) is 11.1 Å². The minimum Gasteiger partial charge on any atom is -0.478 e. The van der Waals surface area contributed by atoms with Crippen molar-refractivity contribution in [1.82, 2.24) is 21.3 Å². The number of nitrogen functional groups attached to an aromatic ring is 1. The molecule has 0 fully saturated rings. The minimum absolute atomic E-state index is 0.0220. The Morgan fingerprint density at radius 1 is 1.21 bits per heavy atom. The van der Waals surface area contributed by atoms with Gasteiger partial charge >= 0.3 is 5.97 Å². The number of amides is 2. The summed E-state index contributed by atoms with van der Waals surface area (Å²) in [6.45, 7) is 3.46. The molecule has 2 aliphatic heterocycles. The van der Waals surface area contributed by atoms with Gasteiger partial charge in [0.25, 0.3) is 5.91 Å². The number of carbonyl (C=O) groups excluding carboxylic acids is 2. The molecule has 2 aromatic carbocycles. The molecular formula is C29H29ClFN7O4. The quantitative estimate of drug-likeness (QED) is 0.239. The molecular weight excluding hydrogens is 565 g/mol. The van der Waals surface area contributed by atoms with E-state index in [4.69, 9.17) is 17.3 Å². The second kappa shape index (κ2) is 11.7. The molecule has 11 nitrogen and oxygen atoms in total. The number of hydrogen-bond donors (Lipinski definition) is 6. The highest BCUT2D eigenvalue weighted by atomic mass is 35.5. The summed E-state index contributed by atoms with van der Waals surface area (Å²) in [6, 6.07) is 10.3. The van der Waals surface area contributed by atoms with Crippen LogP contribution >= 0.6 is 11.6 Å². The SMILES string of the molecule is CC1=C(C(=O)N[C@H]2CCC[C@@H](C)C(=O)Nc3cc(N)c(C(=O)O)cc3-c3ccnc2c3)NNN1c1cccc(Cl)c1F. The lowest BCUT2D eigenvalue weighted by atomic mass is 9.94. The summed E-state index contributed by atoms with van der Waals surface area (Å²) in [5.74, 6) is -2.90. The number of aromatic carboxylic acids is 1. The van der Waals surface area contributed by atoms with Gasteiger partial charge in [-0.1, -0.05) is 31.0 Å². The highest BCUT2D eigenvalue weighted by molar-refractivity contribution is 6.31. The second-order valence-corrected chi connectivity index (χ2v) is 10.6. The van der Waals surface area contributed by atoms with Gasteiger partial charge in [-0.2, -0.15) is 0 Å². The van der Waals surface area contributed by atoms with E-state index in [1.54, 1.807) is 38.2 Å². The molecule has 42 heavy (non-hydrogen) atoms. The molecule has 2 atom stereocenters.